The van der Waals surface area contributed by atoms with Gasteiger partial charge in [0.25, 0.3) is 5.91 Å². The molecule has 164 valence electrons. The molecular weight excluding hydrogens is 458 g/mol. The summed E-state index contributed by atoms with van der Waals surface area (Å²) < 4.78 is 12.6. The Hall–Kier alpha value is -3.76. The van der Waals surface area contributed by atoms with Crippen molar-refractivity contribution >= 4 is 44.7 Å². The number of aromatic nitrogens is 4. The molecule has 5 heterocycles. The lowest BCUT2D eigenvalue weighted by molar-refractivity contribution is 0.102. The number of fused-ring (bicyclic) bond motifs is 2. The number of benzene rings is 1. The Balaban J connectivity index is 1.33. The molecule has 8 nitrogen and oxygen atoms in total. The van der Waals surface area contributed by atoms with E-state index >= 15 is 0 Å². The Morgan fingerprint density at radius 2 is 2.03 bits per heavy atom. The fourth-order valence-corrected chi connectivity index (χ4v) is 5.10. The van der Waals surface area contributed by atoms with Gasteiger partial charge in [-0.15, -0.1) is 22.7 Å². The van der Waals surface area contributed by atoms with Gasteiger partial charge in [0, 0.05) is 17.5 Å². The zero-order valence-electron chi connectivity index (χ0n) is 17.4. The van der Waals surface area contributed by atoms with Crippen molar-refractivity contribution in [1.82, 2.24) is 19.7 Å². The number of nitrogens with zero attached hydrogens (tertiary/aromatic N) is 4. The molecule has 6 rings (SSSR count). The Morgan fingerprint density at radius 1 is 1.12 bits per heavy atom. The van der Waals surface area contributed by atoms with Crippen LogP contribution < -0.4 is 14.8 Å². The molecule has 0 spiro atoms. The first-order valence-corrected chi connectivity index (χ1v) is 12.0. The fraction of sp³-hybridized carbons (Fsp3) is 0.130. The van der Waals surface area contributed by atoms with E-state index in [0.29, 0.717) is 34.0 Å². The molecule has 0 fully saturated rings. The SMILES string of the molecule is CCn1ncc2c(C(=O)Nc3nc(-c4ccc5c(c4)OCO5)cs3)cc(-c3cccs3)nc21. The molecule has 0 unspecified atom stereocenters. The van der Waals surface area contributed by atoms with Gasteiger partial charge < -0.3 is 9.47 Å². The lowest BCUT2D eigenvalue weighted by Crippen LogP contribution is -2.13. The van der Waals surface area contributed by atoms with Crippen molar-refractivity contribution in [3.63, 3.8) is 0 Å². The summed E-state index contributed by atoms with van der Waals surface area (Å²) in [5, 5.41) is 12.5. The zero-order chi connectivity index (χ0) is 22.4. The highest BCUT2D eigenvalue weighted by molar-refractivity contribution is 7.14. The highest BCUT2D eigenvalue weighted by Crippen LogP contribution is 2.37. The molecule has 1 aromatic carbocycles. The van der Waals surface area contributed by atoms with Gasteiger partial charge in [0.05, 0.1) is 33.4 Å². The molecule has 1 aliphatic heterocycles. The molecule has 0 bridgehead atoms. The number of thiophene rings is 1. The third-order valence-electron chi connectivity index (χ3n) is 5.32. The van der Waals surface area contributed by atoms with Crippen molar-refractivity contribution in [2.45, 2.75) is 13.5 Å². The number of rotatable bonds is 5. The standard InChI is InChI=1S/C23H17N5O3S2/c1-2-28-21-15(10-24-28)14(9-16(25-21)20-4-3-7-32-20)22(29)27-23-26-17(11-33-23)13-5-6-18-19(8-13)31-12-30-18/h3-11H,2,12H2,1H3,(H,26,27,29). The van der Waals surface area contributed by atoms with Crippen LogP contribution in [0.3, 0.4) is 0 Å². The summed E-state index contributed by atoms with van der Waals surface area (Å²) in [7, 11) is 0. The second-order valence-electron chi connectivity index (χ2n) is 7.29. The van der Waals surface area contributed by atoms with Crippen molar-refractivity contribution in [1.29, 1.82) is 0 Å². The predicted molar refractivity (Wildman–Crippen MR) is 128 cm³/mol. The van der Waals surface area contributed by atoms with Crippen LogP contribution in [-0.2, 0) is 6.54 Å². The van der Waals surface area contributed by atoms with E-state index < -0.39 is 0 Å². The van der Waals surface area contributed by atoms with Crippen LogP contribution in [0.1, 0.15) is 17.3 Å². The summed E-state index contributed by atoms with van der Waals surface area (Å²) in [4.78, 5) is 23.7. The highest BCUT2D eigenvalue weighted by Gasteiger charge is 2.20. The minimum atomic E-state index is -0.248. The van der Waals surface area contributed by atoms with E-state index in [2.05, 4.69) is 15.4 Å². The van der Waals surface area contributed by atoms with Crippen LogP contribution >= 0.6 is 22.7 Å². The van der Waals surface area contributed by atoms with Crippen LogP contribution in [0.5, 0.6) is 11.5 Å². The number of anilines is 1. The molecule has 1 N–H and O–H groups in total. The summed E-state index contributed by atoms with van der Waals surface area (Å²) in [6.07, 6.45) is 1.69. The molecule has 1 amide bonds. The maximum Gasteiger partial charge on any atom is 0.258 e. The summed E-state index contributed by atoms with van der Waals surface area (Å²) in [6.45, 7) is 2.88. The van der Waals surface area contributed by atoms with Crippen molar-refractivity contribution < 1.29 is 14.3 Å². The smallest absolute Gasteiger partial charge is 0.258 e. The van der Waals surface area contributed by atoms with E-state index in [-0.39, 0.29) is 12.7 Å². The van der Waals surface area contributed by atoms with Crippen LogP contribution in [0.2, 0.25) is 0 Å². The number of hydrogen-bond acceptors (Lipinski definition) is 8. The van der Waals surface area contributed by atoms with Gasteiger partial charge >= 0.3 is 0 Å². The topological polar surface area (TPSA) is 91.2 Å². The highest BCUT2D eigenvalue weighted by atomic mass is 32.1. The number of carbonyl (C=O) groups is 1. The average molecular weight is 476 g/mol. The molecule has 1 aliphatic rings. The first-order valence-electron chi connectivity index (χ1n) is 10.3. The minimum absolute atomic E-state index is 0.222. The lowest BCUT2D eigenvalue weighted by Gasteiger charge is -2.07. The molecule has 0 aliphatic carbocycles. The summed E-state index contributed by atoms with van der Waals surface area (Å²) in [6, 6.07) is 11.5. The van der Waals surface area contributed by atoms with Crippen LogP contribution in [0.15, 0.2) is 53.4 Å². The third-order valence-corrected chi connectivity index (χ3v) is 6.97. The first kappa shape index (κ1) is 19.9. The van der Waals surface area contributed by atoms with Gasteiger partial charge in [0.15, 0.2) is 22.3 Å². The van der Waals surface area contributed by atoms with E-state index in [1.165, 1.54) is 11.3 Å². The van der Waals surface area contributed by atoms with E-state index in [0.717, 1.165) is 27.6 Å². The van der Waals surface area contributed by atoms with Crippen LogP contribution in [0, 0.1) is 0 Å². The quantitative estimate of drug-likeness (QED) is 0.372. The normalized spacial score (nSPS) is 12.4. The molecule has 5 aromatic rings. The Labute approximate surface area is 196 Å². The van der Waals surface area contributed by atoms with Gasteiger partial charge in [-0.05, 0) is 42.6 Å². The van der Waals surface area contributed by atoms with Crippen LogP contribution in [0.4, 0.5) is 5.13 Å². The number of nitrogens with one attached hydrogen (secondary N) is 1. The summed E-state index contributed by atoms with van der Waals surface area (Å²) in [5.74, 6) is 1.17. The number of thiazole rings is 1. The number of amides is 1. The minimum Gasteiger partial charge on any atom is -0.454 e. The van der Waals surface area contributed by atoms with Gasteiger partial charge in [0.2, 0.25) is 6.79 Å². The maximum absolute atomic E-state index is 13.3. The number of ether oxygens (including phenoxy) is 2. The Morgan fingerprint density at radius 3 is 2.88 bits per heavy atom. The van der Waals surface area contributed by atoms with Crippen LogP contribution in [-0.4, -0.2) is 32.4 Å². The molecule has 10 heteroatoms. The monoisotopic (exact) mass is 475 g/mol. The molecular formula is C23H17N5O3S2. The van der Waals surface area contributed by atoms with E-state index in [1.54, 1.807) is 22.2 Å². The molecule has 0 atom stereocenters. The van der Waals surface area contributed by atoms with Gasteiger partial charge in [-0.25, -0.2) is 14.6 Å². The second kappa shape index (κ2) is 7.98. The Bertz CT molecular complexity index is 1490. The molecule has 0 saturated carbocycles. The first-order chi connectivity index (χ1) is 16.2. The predicted octanol–water partition coefficient (Wildman–Crippen LogP) is 5.28. The number of carbonyl (C=O) groups excluding carboxylic acids is 1. The molecule has 0 radical (unpaired) electrons. The van der Waals surface area contributed by atoms with E-state index in [4.69, 9.17) is 14.5 Å². The van der Waals surface area contributed by atoms with Crippen molar-refractivity contribution in [3.8, 4) is 33.3 Å². The van der Waals surface area contributed by atoms with E-state index in [1.807, 2.05) is 54.1 Å². The largest absolute Gasteiger partial charge is 0.454 e. The summed E-state index contributed by atoms with van der Waals surface area (Å²) >= 11 is 2.95. The average Bonchev–Trinajstić information content (AvgIpc) is 3.64. The van der Waals surface area contributed by atoms with Crippen molar-refractivity contribution in [3.05, 3.63) is 58.9 Å². The number of hydrogen-bond donors (Lipinski definition) is 1. The Kier molecular flexibility index (Phi) is 4.81. The van der Waals surface area contributed by atoms with Gasteiger partial charge in [-0.2, -0.15) is 5.10 Å². The number of pyridine rings is 1. The van der Waals surface area contributed by atoms with Crippen molar-refractivity contribution in [2.24, 2.45) is 0 Å². The summed E-state index contributed by atoms with van der Waals surface area (Å²) in [5.41, 5.74) is 3.60. The van der Waals surface area contributed by atoms with Gasteiger partial charge in [-0.3, -0.25) is 10.1 Å². The van der Waals surface area contributed by atoms with Crippen molar-refractivity contribution in [2.75, 3.05) is 12.1 Å². The fourth-order valence-electron chi connectivity index (χ4n) is 3.70. The third kappa shape index (κ3) is 3.53. The second-order valence-corrected chi connectivity index (χ2v) is 9.10. The maximum atomic E-state index is 13.3. The van der Waals surface area contributed by atoms with Crippen LogP contribution in [0.25, 0.3) is 32.9 Å². The molecule has 0 saturated heterocycles. The van der Waals surface area contributed by atoms with Gasteiger partial charge in [0.1, 0.15) is 0 Å². The lowest BCUT2D eigenvalue weighted by atomic mass is 10.1. The zero-order valence-corrected chi connectivity index (χ0v) is 19.1. The molecule has 33 heavy (non-hydrogen) atoms. The number of aryl methyl sites for hydroxylation is 1. The van der Waals surface area contributed by atoms with Gasteiger partial charge in [-0.1, -0.05) is 6.07 Å². The van der Waals surface area contributed by atoms with E-state index in [9.17, 15) is 4.79 Å². The molecule has 4 aromatic heterocycles.